The monoisotopic (exact) mass is 274 g/mol. The highest BCUT2D eigenvalue weighted by molar-refractivity contribution is 7.09. The van der Waals surface area contributed by atoms with Gasteiger partial charge in [-0.15, -0.1) is 11.3 Å². The van der Waals surface area contributed by atoms with Gasteiger partial charge in [0.15, 0.2) is 0 Å². The first kappa shape index (κ1) is 14.2. The van der Waals surface area contributed by atoms with Crippen LogP contribution < -0.4 is 5.32 Å². The molecule has 0 spiro atoms. The Balaban J connectivity index is 2.34. The third-order valence-electron chi connectivity index (χ3n) is 3.73. The largest absolute Gasteiger partial charge is 0.319 e. The van der Waals surface area contributed by atoms with Crippen LogP contribution in [0, 0.1) is 6.92 Å². The van der Waals surface area contributed by atoms with Crippen molar-refractivity contribution in [3.8, 4) is 0 Å². The highest BCUT2D eigenvalue weighted by Gasteiger charge is 2.30. The number of nitrogens with zero attached hydrogens (tertiary/aromatic N) is 1. The fourth-order valence-electron chi connectivity index (χ4n) is 2.62. The van der Waals surface area contributed by atoms with Crippen molar-refractivity contribution in [1.82, 2.24) is 10.3 Å². The van der Waals surface area contributed by atoms with Crippen LogP contribution in [-0.2, 0) is 11.8 Å². The second-order valence-corrected chi connectivity index (χ2v) is 6.03. The zero-order valence-corrected chi connectivity index (χ0v) is 12.8. The third-order valence-corrected chi connectivity index (χ3v) is 4.70. The zero-order chi connectivity index (χ0) is 13.7. The molecule has 0 aliphatic heterocycles. The minimum absolute atomic E-state index is 0.139. The number of aromatic nitrogens is 1. The highest BCUT2D eigenvalue weighted by atomic mass is 32.1. The SMILES string of the molecule is CCC(CNC)(Cc1nc(C)cs1)c1ccccc1. The average Bonchev–Trinajstić information content (AvgIpc) is 2.84. The summed E-state index contributed by atoms with van der Waals surface area (Å²) in [5.74, 6) is 0. The number of thiazole rings is 1. The fraction of sp³-hybridized carbons (Fsp3) is 0.438. The summed E-state index contributed by atoms with van der Waals surface area (Å²) >= 11 is 1.77. The van der Waals surface area contributed by atoms with E-state index in [2.05, 4.69) is 59.9 Å². The molecule has 102 valence electrons. The van der Waals surface area contributed by atoms with Crippen molar-refractivity contribution in [3.05, 3.63) is 52.0 Å². The molecule has 0 amide bonds. The lowest BCUT2D eigenvalue weighted by Gasteiger charge is -2.32. The van der Waals surface area contributed by atoms with E-state index in [1.807, 2.05) is 7.05 Å². The van der Waals surface area contributed by atoms with Gasteiger partial charge >= 0.3 is 0 Å². The molecule has 0 fully saturated rings. The van der Waals surface area contributed by atoms with Gasteiger partial charge in [0.25, 0.3) is 0 Å². The van der Waals surface area contributed by atoms with Gasteiger partial charge in [0.05, 0.1) is 5.01 Å². The number of benzene rings is 1. The molecule has 1 heterocycles. The lowest BCUT2D eigenvalue weighted by molar-refractivity contribution is 0.390. The number of rotatable bonds is 6. The normalized spacial score (nSPS) is 14.3. The molecular weight excluding hydrogens is 252 g/mol. The Labute approximate surface area is 119 Å². The van der Waals surface area contributed by atoms with Crippen molar-refractivity contribution in [2.24, 2.45) is 0 Å². The highest BCUT2D eigenvalue weighted by Crippen LogP contribution is 2.32. The van der Waals surface area contributed by atoms with Crippen molar-refractivity contribution in [1.29, 1.82) is 0 Å². The van der Waals surface area contributed by atoms with E-state index in [0.717, 1.165) is 25.1 Å². The minimum atomic E-state index is 0.139. The summed E-state index contributed by atoms with van der Waals surface area (Å²) in [7, 11) is 2.03. The molecule has 0 saturated carbocycles. The van der Waals surface area contributed by atoms with Crippen LogP contribution in [-0.4, -0.2) is 18.6 Å². The Hall–Kier alpha value is -1.19. The van der Waals surface area contributed by atoms with Gasteiger partial charge in [-0.3, -0.25) is 0 Å². The van der Waals surface area contributed by atoms with E-state index in [-0.39, 0.29) is 5.41 Å². The van der Waals surface area contributed by atoms with Gasteiger partial charge in [0, 0.05) is 29.5 Å². The number of aryl methyl sites for hydroxylation is 1. The molecule has 0 aliphatic carbocycles. The van der Waals surface area contributed by atoms with Gasteiger partial charge < -0.3 is 5.32 Å². The summed E-state index contributed by atoms with van der Waals surface area (Å²) < 4.78 is 0. The predicted molar refractivity (Wildman–Crippen MR) is 82.9 cm³/mol. The quantitative estimate of drug-likeness (QED) is 0.871. The van der Waals surface area contributed by atoms with Gasteiger partial charge in [0.2, 0.25) is 0 Å². The van der Waals surface area contributed by atoms with Crippen molar-refractivity contribution in [3.63, 3.8) is 0 Å². The van der Waals surface area contributed by atoms with E-state index in [1.165, 1.54) is 10.6 Å². The molecule has 0 aliphatic rings. The average molecular weight is 274 g/mol. The third kappa shape index (κ3) is 3.23. The minimum Gasteiger partial charge on any atom is -0.319 e. The number of hydrogen-bond donors (Lipinski definition) is 1. The first-order valence-corrected chi connectivity index (χ1v) is 7.69. The molecule has 1 N–H and O–H groups in total. The molecule has 1 atom stereocenters. The summed E-state index contributed by atoms with van der Waals surface area (Å²) in [4.78, 5) is 4.64. The summed E-state index contributed by atoms with van der Waals surface area (Å²) in [5.41, 5.74) is 2.67. The molecule has 1 aromatic heterocycles. The second-order valence-electron chi connectivity index (χ2n) is 5.09. The number of likely N-dealkylation sites (N-methyl/N-ethyl adjacent to an activating group) is 1. The Morgan fingerprint density at radius 2 is 2.00 bits per heavy atom. The second kappa shape index (κ2) is 6.31. The van der Waals surface area contributed by atoms with Crippen molar-refractivity contribution in [2.45, 2.75) is 32.1 Å². The first-order chi connectivity index (χ1) is 9.20. The van der Waals surface area contributed by atoms with Gasteiger partial charge in [-0.1, -0.05) is 37.3 Å². The fourth-order valence-corrected chi connectivity index (χ4v) is 3.54. The van der Waals surface area contributed by atoms with Crippen LogP contribution in [0.2, 0.25) is 0 Å². The Morgan fingerprint density at radius 1 is 1.26 bits per heavy atom. The Morgan fingerprint density at radius 3 is 2.53 bits per heavy atom. The lowest BCUT2D eigenvalue weighted by atomic mass is 9.75. The summed E-state index contributed by atoms with van der Waals surface area (Å²) in [5, 5.41) is 6.74. The standard InChI is InChI=1S/C16H22N2S/c1-4-16(12-17-3,14-8-6-5-7-9-14)10-15-18-13(2)11-19-15/h5-9,11,17H,4,10,12H2,1-3H3. The van der Waals surface area contributed by atoms with E-state index in [0.29, 0.717) is 0 Å². The van der Waals surface area contributed by atoms with Crippen LogP contribution in [0.4, 0.5) is 0 Å². The molecule has 2 nitrogen and oxygen atoms in total. The first-order valence-electron chi connectivity index (χ1n) is 6.81. The maximum atomic E-state index is 4.64. The van der Waals surface area contributed by atoms with E-state index in [9.17, 15) is 0 Å². The molecule has 3 heteroatoms. The van der Waals surface area contributed by atoms with Gasteiger partial charge in [0.1, 0.15) is 0 Å². The molecule has 19 heavy (non-hydrogen) atoms. The Kier molecular flexibility index (Phi) is 4.72. The van der Waals surface area contributed by atoms with Crippen LogP contribution >= 0.6 is 11.3 Å². The van der Waals surface area contributed by atoms with Crippen molar-refractivity contribution in [2.75, 3.05) is 13.6 Å². The smallest absolute Gasteiger partial charge is 0.0937 e. The Bertz CT molecular complexity index is 506. The van der Waals surface area contributed by atoms with Crippen molar-refractivity contribution >= 4 is 11.3 Å². The van der Waals surface area contributed by atoms with E-state index < -0.39 is 0 Å². The van der Waals surface area contributed by atoms with Gasteiger partial charge in [-0.2, -0.15) is 0 Å². The molecule has 0 saturated heterocycles. The van der Waals surface area contributed by atoms with Crippen LogP contribution in [0.15, 0.2) is 35.7 Å². The lowest BCUT2D eigenvalue weighted by Crippen LogP contribution is -2.38. The van der Waals surface area contributed by atoms with Crippen LogP contribution in [0.25, 0.3) is 0 Å². The molecule has 2 aromatic rings. The summed E-state index contributed by atoms with van der Waals surface area (Å²) in [6, 6.07) is 10.8. The maximum absolute atomic E-state index is 4.64. The topological polar surface area (TPSA) is 24.9 Å². The van der Waals surface area contributed by atoms with E-state index in [1.54, 1.807) is 11.3 Å². The van der Waals surface area contributed by atoms with Gasteiger partial charge in [-0.25, -0.2) is 4.98 Å². The van der Waals surface area contributed by atoms with Crippen LogP contribution in [0.3, 0.4) is 0 Å². The maximum Gasteiger partial charge on any atom is 0.0937 e. The number of nitrogens with one attached hydrogen (secondary N) is 1. The van der Waals surface area contributed by atoms with Crippen molar-refractivity contribution < 1.29 is 0 Å². The van der Waals surface area contributed by atoms with Crippen LogP contribution in [0.1, 0.15) is 29.6 Å². The van der Waals surface area contributed by atoms with Gasteiger partial charge in [-0.05, 0) is 26.0 Å². The molecule has 1 aromatic carbocycles. The molecule has 0 radical (unpaired) electrons. The zero-order valence-electron chi connectivity index (χ0n) is 11.9. The summed E-state index contributed by atoms with van der Waals surface area (Å²) in [6.45, 7) is 5.31. The molecule has 2 rings (SSSR count). The van der Waals surface area contributed by atoms with E-state index >= 15 is 0 Å². The van der Waals surface area contributed by atoms with Crippen LogP contribution in [0.5, 0.6) is 0 Å². The van der Waals surface area contributed by atoms with E-state index in [4.69, 9.17) is 0 Å². The molecule has 0 bridgehead atoms. The predicted octanol–water partition coefficient (Wildman–Crippen LogP) is 3.56. The summed E-state index contributed by atoms with van der Waals surface area (Å²) in [6.07, 6.45) is 2.11. The number of hydrogen-bond acceptors (Lipinski definition) is 3. The molecule has 1 unspecified atom stereocenters. The molecular formula is C16H22N2S.